The molecule has 0 saturated heterocycles. The van der Waals surface area contributed by atoms with Gasteiger partial charge in [0.2, 0.25) is 0 Å². The molecule has 0 aliphatic carbocycles. The highest BCUT2D eigenvalue weighted by molar-refractivity contribution is 9.10. The van der Waals surface area contributed by atoms with Crippen molar-refractivity contribution in [3.05, 3.63) is 52.5 Å². The molecule has 0 bridgehead atoms. The minimum atomic E-state index is -0.165. The number of carbonyl (C=O) groups is 1. The summed E-state index contributed by atoms with van der Waals surface area (Å²) in [6, 6.07) is 12.7. The number of hydrogen-bond donors (Lipinski definition) is 1. The highest BCUT2D eigenvalue weighted by atomic mass is 79.9. The van der Waals surface area contributed by atoms with Gasteiger partial charge in [-0.3, -0.25) is 4.79 Å². The molecule has 0 saturated carbocycles. The molecule has 0 heterocycles. The summed E-state index contributed by atoms with van der Waals surface area (Å²) in [7, 11) is 0. The summed E-state index contributed by atoms with van der Waals surface area (Å²) in [5.41, 5.74) is 1.30. The van der Waals surface area contributed by atoms with Gasteiger partial charge in [-0.25, -0.2) is 0 Å². The van der Waals surface area contributed by atoms with Gasteiger partial charge in [-0.15, -0.1) is 0 Å². The van der Waals surface area contributed by atoms with E-state index in [0.717, 1.165) is 34.5 Å². The Balaban J connectivity index is 1.95. The van der Waals surface area contributed by atoms with E-state index in [1.807, 2.05) is 30.3 Å². The van der Waals surface area contributed by atoms with E-state index in [4.69, 9.17) is 9.47 Å². The summed E-state index contributed by atoms with van der Waals surface area (Å²) in [5, 5.41) is 2.89. The molecule has 1 amide bonds. The number of benzene rings is 2. The predicted molar refractivity (Wildman–Crippen MR) is 109 cm³/mol. The van der Waals surface area contributed by atoms with Crippen molar-refractivity contribution in [2.24, 2.45) is 5.92 Å². The Morgan fingerprint density at radius 1 is 1.08 bits per heavy atom. The summed E-state index contributed by atoms with van der Waals surface area (Å²) in [5.74, 6) is 1.98. The number of halogens is 1. The molecular weight excluding hydrogens is 394 g/mol. The molecule has 5 heteroatoms. The Morgan fingerprint density at radius 3 is 2.42 bits per heavy atom. The van der Waals surface area contributed by atoms with Gasteiger partial charge < -0.3 is 14.8 Å². The third-order valence-electron chi connectivity index (χ3n) is 3.73. The van der Waals surface area contributed by atoms with Gasteiger partial charge in [-0.2, -0.15) is 0 Å². The lowest BCUT2D eigenvalue weighted by Gasteiger charge is -2.11. The number of rotatable bonds is 9. The van der Waals surface area contributed by atoms with Crippen LogP contribution in [0.2, 0.25) is 0 Å². The van der Waals surface area contributed by atoms with Gasteiger partial charge >= 0.3 is 0 Å². The maximum Gasteiger partial charge on any atom is 0.255 e. The van der Waals surface area contributed by atoms with Crippen molar-refractivity contribution in [2.75, 3.05) is 18.5 Å². The zero-order chi connectivity index (χ0) is 18.9. The lowest BCUT2D eigenvalue weighted by molar-refractivity contribution is 0.102. The summed E-state index contributed by atoms with van der Waals surface area (Å²) < 4.78 is 12.1. The van der Waals surface area contributed by atoms with Crippen molar-refractivity contribution < 1.29 is 14.3 Å². The molecular formula is C21H26BrNO3. The van der Waals surface area contributed by atoms with Crippen molar-refractivity contribution in [3.8, 4) is 11.5 Å². The second kappa shape index (κ2) is 10.2. The standard InChI is InChI=1S/C21H26BrNO3/c1-4-12-25-18-8-6-17(7-9-18)23-21(24)16-5-10-20(19(22)14-16)26-13-11-15(2)3/h5-10,14-15H,4,11-13H2,1-3H3,(H,23,24). The Hall–Kier alpha value is -2.01. The van der Waals surface area contributed by atoms with Crippen LogP contribution in [0.25, 0.3) is 0 Å². The number of ether oxygens (including phenoxy) is 2. The van der Waals surface area contributed by atoms with Gasteiger partial charge in [0, 0.05) is 11.3 Å². The monoisotopic (exact) mass is 419 g/mol. The lowest BCUT2D eigenvalue weighted by Crippen LogP contribution is -2.12. The van der Waals surface area contributed by atoms with E-state index in [1.165, 1.54) is 0 Å². The van der Waals surface area contributed by atoms with Gasteiger partial charge in [0.1, 0.15) is 11.5 Å². The highest BCUT2D eigenvalue weighted by Crippen LogP contribution is 2.27. The molecule has 0 aromatic heterocycles. The topological polar surface area (TPSA) is 47.6 Å². The number of nitrogens with one attached hydrogen (secondary N) is 1. The highest BCUT2D eigenvalue weighted by Gasteiger charge is 2.10. The van der Waals surface area contributed by atoms with Gasteiger partial charge in [0.05, 0.1) is 17.7 Å². The van der Waals surface area contributed by atoms with Crippen molar-refractivity contribution in [1.29, 1.82) is 0 Å². The third kappa shape index (κ3) is 6.37. The average molecular weight is 420 g/mol. The van der Waals surface area contributed by atoms with E-state index < -0.39 is 0 Å². The predicted octanol–water partition coefficient (Wildman–Crippen LogP) is 5.92. The van der Waals surface area contributed by atoms with Crippen LogP contribution in [0.4, 0.5) is 5.69 Å². The van der Waals surface area contributed by atoms with E-state index in [2.05, 4.69) is 42.0 Å². The Labute approximate surface area is 164 Å². The van der Waals surface area contributed by atoms with Crippen molar-refractivity contribution >= 4 is 27.5 Å². The maximum atomic E-state index is 12.4. The average Bonchev–Trinajstić information content (AvgIpc) is 2.62. The molecule has 0 unspecified atom stereocenters. The number of carbonyl (C=O) groups excluding carboxylic acids is 1. The molecule has 0 aliphatic heterocycles. The van der Waals surface area contributed by atoms with Gasteiger partial charge in [-0.05, 0) is 77.2 Å². The zero-order valence-corrected chi connectivity index (χ0v) is 17.1. The molecule has 0 fully saturated rings. The number of hydrogen-bond acceptors (Lipinski definition) is 3. The first-order chi connectivity index (χ1) is 12.5. The fraction of sp³-hybridized carbons (Fsp3) is 0.381. The largest absolute Gasteiger partial charge is 0.494 e. The smallest absolute Gasteiger partial charge is 0.255 e. The number of amides is 1. The van der Waals surface area contributed by atoms with Crippen LogP contribution in [0.15, 0.2) is 46.9 Å². The second-order valence-corrected chi connectivity index (χ2v) is 7.36. The molecule has 2 aromatic rings. The van der Waals surface area contributed by atoms with Crippen LogP contribution in [0.1, 0.15) is 44.0 Å². The van der Waals surface area contributed by atoms with Crippen LogP contribution in [0.5, 0.6) is 11.5 Å². The first-order valence-corrected chi connectivity index (χ1v) is 9.75. The quantitative estimate of drug-likeness (QED) is 0.548. The second-order valence-electron chi connectivity index (χ2n) is 6.50. The van der Waals surface area contributed by atoms with E-state index >= 15 is 0 Å². The van der Waals surface area contributed by atoms with Gasteiger partial charge in [0.25, 0.3) is 5.91 Å². The molecule has 0 radical (unpaired) electrons. The minimum Gasteiger partial charge on any atom is -0.494 e. The van der Waals surface area contributed by atoms with Crippen LogP contribution in [0.3, 0.4) is 0 Å². The van der Waals surface area contributed by atoms with Crippen molar-refractivity contribution in [2.45, 2.75) is 33.6 Å². The van der Waals surface area contributed by atoms with Crippen LogP contribution in [0, 0.1) is 5.92 Å². The molecule has 0 atom stereocenters. The first kappa shape index (κ1) is 20.3. The summed E-state index contributed by atoms with van der Waals surface area (Å²) in [4.78, 5) is 12.4. The Morgan fingerprint density at radius 2 is 1.81 bits per heavy atom. The first-order valence-electron chi connectivity index (χ1n) is 8.96. The van der Waals surface area contributed by atoms with Gasteiger partial charge in [-0.1, -0.05) is 20.8 Å². The SMILES string of the molecule is CCCOc1ccc(NC(=O)c2ccc(OCCC(C)C)c(Br)c2)cc1. The van der Waals surface area contributed by atoms with Crippen LogP contribution in [-0.4, -0.2) is 19.1 Å². The van der Waals surface area contributed by atoms with Crippen molar-refractivity contribution in [3.63, 3.8) is 0 Å². The molecule has 26 heavy (non-hydrogen) atoms. The van der Waals surface area contributed by atoms with Crippen LogP contribution < -0.4 is 14.8 Å². The van der Waals surface area contributed by atoms with Crippen LogP contribution in [-0.2, 0) is 0 Å². The Kier molecular flexibility index (Phi) is 7.98. The maximum absolute atomic E-state index is 12.4. The minimum absolute atomic E-state index is 0.165. The fourth-order valence-corrected chi connectivity index (χ4v) is 2.71. The zero-order valence-electron chi connectivity index (χ0n) is 15.5. The number of anilines is 1. The molecule has 140 valence electrons. The molecule has 2 rings (SSSR count). The lowest BCUT2D eigenvalue weighted by atomic mass is 10.1. The molecule has 0 aliphatic rings. The summed E-state index contributed by atoms with van der Waals surface area (Å²) >= 11 is 3.48. The van der Waals surface area contributed by atoms with E-state index in [1.54, 1.807) is 12.1 Å². The van der Waals surface area contributed by atoms with E-state index in [-0.39, 0.29) is 5.91 Å². The Bertz CT molecular complexity index is 714. The van der Waals surface area contributed by atoms with E-state index in [0.29, 0.717) is 24.7 Å². The molecule has 1 N–H and O–H groups in total. The molecule has 0 spiro atoms. The van der Waals surface area contributed by atoms with Gasteiger partial charge in [0.15, 0.2) is 0 Å². The fourth-order valence-electron chi connectivity index (χ4n) is 2.22. The van der Waals surface area contributed by atoms with Crippen molar-refractivity contribution in [1.82, 2.24) is 0 Å². The molecule has 4 nitrogen and oxygen atoms in total. The summed E-state index contributed by atoms with van der Waals surface area (Å²) in [6.07, 6.45) is 1.96. The normalized spacial score (nSPS) is 10.7. The summed E-state index contributed by atoms with van der Waals surface area (Å²) in [6.45, 7) is 7.73. The third-order valence-corrected chi connectivity index (χ3v) is 4.35. The van der Waals surface area contributed by atoms with Crippen LogP contribution >= 0.6 is 15.9 Å². The van der Waals surface area contributed by atoms with E-state index in [9.17, 15) is 4.79 Å². The molecule has 2 aromatic carbocycles.